The highest BCUT2D eigenvalue weighted by Crippen LogP contribution is 2.21. The Hall–Kier alpha value is -0.800. The first kappa shape index (κ1) is 13.6. The Labute approximate surface area is 119 Å². The highest BCUT2D eigenvalue weighted by atomic mass is 35.5. The molecule has 0 radical (unpaired) electrons. The van der Waals surface area contributed by atoms with E-state index in [9.17, 15) is 0 Å². The molecular formula is C14H19ClN2S. The first-order valence-corrected chi connectivity index (χ1v) is 7.27. The third-order valence-electron chi connectivity index (χ3n) is 3.39. The molecule has 0 unspecified atom stereocenters. The van der Waals surface area contributed by atoms with Crippen molar-refractivity contribution < 1.29 is 0 Å². The summed E-state index contributed by atoms with van der Waals surface area (Å²) in [6.45, 7) is 2.04. The smallest absolute Gasteiger partial charge is 0.171 e. The number of halogens is 1. The number of benzene rings is 1. The molecule has 0 atom stereocenters. The molecule has 0 heterocycles. The molecule has 1 fully saturated rings. The standard InChI is InChI=1S/C14H19ClN2S/c1-10-7-8-11(15)9-13(10)17-14(18)16-12-5-3-2-4-6-12/h7-9,12H,2-6H2,1H3,(H2,16,17,18). The van der Waals surface area contributed by atoms with Crippen molar-refractivity contribution in [1.82, 2.24) is 5.32 Å². The Balaban J connectivity index is 1.92. The predicted octanol–water partition coefficient (Wildman–Crippen LogP) is 4.27. The maximum atomic E-state index is 5.99. The van der Waals surface area contributed by atoms with Crippen molar-refractivity contribution in [2.75, 3.05) is 5.32 Å². The molecule has 1 aliphatic rings. The van der Waals surface area contributed by atoms with Crippen molar-refractivity contribution in [3.8, 4) is 0 Å². The molecule has 0 spiro atoms. The molecule has 0 aliphatic heterocycles. The van der Waals surface area contributed by atoms with Gasteiger partial charge in [-0.15, -0.1) is 0 Å². The summed E-state index contributed by atoms with van der Waals surface area (Å²) in [4.78, 5) is 0. The monoisotopic (exact) mass is 282 g/mol. The third-order valence-corrected chi connectivity index (χ3v) is 3.84. The normalized spacial score (nSPS) is 16.3. The fourth-order valence-corrected chi connectivity index (χ4v) is 2.77. The van der Waals surface area contributed by atoms with Gasteiger partial charge in [0.15, 0.2) is 5.11 Å². The summed E-state index contributed by atoms with van der Waals surface area (Å²) in [6.07, 6.45) is 6.39. The van der Waals surface area contributed by atoms with Crippen LogP contribution < -0.4 is 10.6 Å². The van der Waals surface area contributed by atoms with E-state index in [1.807, 2.05) is 25.1 Å². The van der Waals surface area contributed by atoms with Gasteiger partial charge in [-0.3, -0.25) is 0 Å². The molecule has 0 saturated heterocycles. The second kappa shape index (κ2) is 6.39. The van der Waals surface area contributed by atoms with Crippen LogP contribution in [0.2, 0.25) is 5.02 Å². The van der Waals surface area contributed by atoms with Crippen molar-refractivity contribution in [2.24, 2.45) is 0 Å². The van der Waals surface area contributed by atoms with Gasteiger partial charge in [-0.2, -0.15) is 0 Å². The molecule has 4 heteroatoms. The minimum absolute atomic E-state index is 0.526. The topological polar surface area (TPSA) is 24.1 Å². The zero-order chi connectivity index (χ0) is 13.0. The lowest BCUT2D eigenvalue weighted by Crippen LogP contribution is -2.38. The van der Waals surface area contributed by atoms with Gasteiger partial charge in [-0.05, 0) is 49.7 Å². The minimum atomic E-state index is 0.526. The number of nitrogens with one attached hydrogen (secondary N) is 2. The Morgan fingerprint density at radius 3 is 2.72 bits per heavy atom. The number of aryl methyl sites for hydroxylation is 1. The van der Waals surface area contributed by atoms with Crippen LogP contribution in [0.15, 0.2) is 18.2 Å². The molecule has 98 valence electrons. The van der Waals surface area contributed by atoms with Gasteiger partial charge in [0.1, 0.15) is 0 Å². The molecule has 2 N–H and O–H groups in total. The van der Waals surface area contributed by atoms with Crippen LogP contribution in [-0.4, -0.2) is 11.2 Å². The third kappa shape index (κ3) is 3.85. The Bertz CT molecular complexity index is 428. The van der Waals surface area contributed by atoms with Crippen molar-refractivity contribution in [1.29, 1.82) is 0 Å². The quantitative estimate of drug-likeness (QED) is 0.792. The highest BCUT2D eigenvalue weighted by Gasteiger charge is 2.14. The Kier molecular flexibility index (Phi) is 4.84. The molecule has 2 nitrogen and oxygen atoms in total. The van der Waals surface area contributed by atoms with Crippen LogP contribution in [0, 0.1) is 6.92 Å². The van der Waals surface area contributed by atoms with Gasteiger partial charge in [0.05, 0.1) is 0 Å². The van der Waals surface area contributed by atoms with Crippen molar-refractivity contribution >= 4 is 34.6 Å². The van der Waals surface area contributed by atoms with E-state index in [0.717, 1.165) is 16.3 Å². The number of hydrogen-bond acceptors (Lipinski definition) is 1. The number of rotatable bonds is 2. The molecule has 18 heavy (non-hydrogen) atoms. The molecule has 2 rings (SSSR count). The van der Waals surface area contributed by atoms with Crippen molar-refractivity contribution in [3.05, 3.63) is 28.8 Å². The second-order valence-corrected chi connectivity index (χ2v) is 5.74. The van der Waals surface area contributed by atoms with E-state index >= 15 is 0 Å². The summed E-state index contributed by atoms with van der Waals surface area (Å²) in [5.41, 5.74) is 2.13. The number of hydrogen-bond donors (Lipinski definition) is 2. The lowest BCUT2D eigenvalue weighted by Gasteiger charge is -2.24. The average molecular weight is 283 g/mol. The van der Waals surface area contributed by atoms with Crippen molar-refractivity contribution in [3.63, 3.8) is 0 Å². The minimum Gasteiger partial charge on any atom is -0.360 e. The summed E-state index contributed by atoms with van der Waals surface area (Å²) in [5.74, 6) is 0. The summed E-state index contributed by atoms with van der Waals surface area (Å²) in [5, 5.41) is 8.05. The lowest BCUT2D eigenvalue weighted by molar-refractivity contribution is 0.415. The van der Waals surface area contributed by atoms with Crippen LogP contribution >= 0.6 is 23.8 Å². The first-order valence-electron chi connectivity index (χ1n) is 6.49. The number of thiocarbonyl (C=S) groups is 1. The predicted molar refractivity (Wildman–Crippen MR) is 82.4 cm³/mol. The van der Waals surface area contributed by atoms with E-state index in [2.05, 4.69) is 10.6 Å². The van der Waals surface area contributed by atoms with Crippen molar-refractivity contribution in [2.45, 2.75) is 45.1 Å². The van der Waals surface area contributed by atoms with Gasteiger partial charge >= 0.3 is 0 Å². The molecular weight excluding hydrogens is 264 g/mol. The summed E-state index contributed by atoms with van der Waals surface area (Å²) >= 11 is 11.3. The Morgan fingerprint density at radius 1 is 1.28 bits per heavy atom. The fraction of sp³-hybridized carbons (Fsp3) is 0.500. The van der Waals surface area contributed by atoms with E-state index in [-0.39, 0.29) is 0 Å². The van der Waals surface area contributed by atoms with Crippen LogP contribution in [0.1, 0.15) is 37.7 Å². The maximum Gasteiger partial charge on any atom is 0.171 e. The van der Waals surface area contributed by atoms with E-state index in [4.69, 9.17) is 23.8 Å². The largest absolute Gasteiger partial charge is 0.360 e. The van der Waals surface area contributed by atoms with Crippen LogP contribution in [0.3, 0.4) is 0 Å². The summed E-state index contributed by atoms with van der Waals surface area (Å²) in [6, 6.07) is 6.32. The van der Waals surface area contributed by atoms with E-state index in [1.54, 1.807) is 0 Å². The molecule has 0 aromatic heterocycles. The lowest BCUT2D eigenvalue weighted by atomic mass is 9.96. The first-order chi connectivity index (χ1) is 8.65. The number of anilines is 1. The molecule has 1 aromatic carbocycles. The highest BCUT2D eigenvalue weighted by molar-refractivity contribution is 7.80. The molecule has 1 aromatic rings. The van der Waals surface area contributed by atoms with Gasteiger partial charge in [-0.25, -0.2) is 0 Å². The Morgan fingerprint density at radius 2 is 2.00 bits per heavy atom. The van der Waals surface area contributed by atoms with E-state index in [1.165, 1.54) is 32.1 Å². The van der Waals surface area contributed by atoms with Crippen LogP contribution in [0.25, 0.3) is 0 Å². The fourth-order valence-electron chi connectivity index (χ4n) is 2.32. The maximum absolute atomic E-state index is 5.99. The van der Waals surface area contributed by atoms with Crippen LogP contribution in [0.5, 0.6) is 0 Å². The van der Waals surface area contributed by atoms with Crippen LogP contribution in [0.4, 0.5) is 5.69 Å². The van der Waals surface area contributed by atoms with E-state index < -0.39 is 0 Å². The molecule has 0 bridgehead atoms. The van der Waals surface area contributed by atoms with Gasteiger partial charge in [0, 0.05) is 16.8 Å². The van der Waals surface area contributed by atoms with Crippen LogP contribution in [-0.2, 0) is 0 Å². The van der Waals surface area contributed by atoms with Gasteiger partial charge < -0.3 is 10.6 Å². The molecule has 0 amide bonds. The van der Waals surface area contributed by atoms with Gasteiger partial charge in [0.2, 0.25) is 0 Å². The van der Waals surface area contributed by atoms with Gasteiger partial charge in [-0.1, -0.05) is 36.9 Å². The summed E-state index contributed by atoms with van der Waals surface area (Å²) < 4.78 is 0. The zero-order valence-corrected chi connectivity index (χ0v) is 12.2. The van der Waals surface area contributed by atoms with Gasteiger partial charge in [0.25, 0.3) is 0 Å². The SMILES string of the molecule is Cc1ccc(Cl)cc1NC(=S)NC1CCCCC1. The zero-order valence-electron chi connectivity index (χ0n) is 10.6. The second-order valence-electron chi connectivity index (χ2n) is 4.89. The molecule has 1 saturated carbocycles. The molecule has 1 aliphatic carbocycles. The van der Waals surface area contributed by atoms with E-state index in [0.29, 0.717) is 11.2 Å². The summed E-state index contributed by atoms with van der Waals surface area (Å²) in [7, 11) is 0. The average Bonchev–Trinajstić information content (AvgIpc) is 2.35.